The molecule has 86 valence electrons. The van der Waals surface area contributed by atoms with Crippen LogP contribution in [0.4, 0.5) is 5.69 Å². The molecule has 3 rings (SSSR count). The second-order valence-electron chi connectivity index (χ2n) is 4.79. The van der Waals surface area contributed by atoms with Gasteiger partial charge >= 0.3 is 0 Å². The molecule has 1 atom stereocenters. The maximum absolute atomic E-state index is 3.87. The molecule has 1 aliphatic heterocycles. The molecule has 0 amide bonds. The van der Waals surface area contributed by atoms with Crippen LogP contribution in [0.2, 0.25) is 0 Å². The van der Waals surface area contributed by atoms with Crippen molar-refractivity contribution in [1.82, 2.24) is 0 Å². The Morgan fingerprint density at radius 3 is 2.94 bits per heavy atom. The van der Waals surface area contributed by atoms with Crippen LogP contribution in [0.5, 0.6) is 0 Å². The molecule has 0 fully saturated rings. The van der Waals surface area contributed by atoms with E-state index < -0.39 is 0 Å². The van der Waals surface area contributed by atoms with Gasteiger partial charge in [0.25, 0.3) is 0 Å². The number of rotatable bonds is 2. The third-order valence-corrected chi connectivity index (χ3v) is 3.64. The molecule has 0 saturated heterocycles. The van der Waals surface area contributed by atoms with Crippen LogP contribution >= 0.6 is 0 Å². The van der Waals surface area contributed by atoms with E-state index in [0.717, 1.165) is 13.0 Å². The average molecular weight is 223 g/mol. The lowest BCUT2D eigenvalue weighted by atomic mass is 10.0. The van der Waals surface area contributed by atoms with Gasteiger partial charge < -0.3 is 4.90 Å². The summed E-state index contributed by atoms with van der Waals surface area (Å²) in [5, 5.41) is 2.70. The predicted molar refractivity (Wildman–Crippen MR) is 74.7 cm³/mol. The highest BCUT2D eigenvalue weighted by Gasteiger charge is 2.26. The number of hydrogen-bond donors (Lipinski definition) is 0. The van der Waals surface area contributed by atoms with Crippen LogP contribution in [0.15, 0.2) is 49.1 Å². The highest BCUT2D eigenvalue weighted by atomic mass is 15.2. The molecule has 1 aliphatic rings. The van der Waals surface area contributed by atoms with Crippen molar-refractivity contribution in [3.8, 4) is 0 Å². The van der Waals surface area contributed by atoms with Gasteiger partial charge in [-0.1, -0.05) is 42.5 Å². The van der Waals surface area contributed by atoms with E-state index >= 15 is 0 Å². The van der Waals surface area contributed by atoms with Crippen LogP contribution < -0.4 is 4.90 Å². The molecule has 1 heterocycles. The minimum atomic E-state index is 0.578. The lowest BCUT2D eigenvalue weighted by Crippen LogP contribution is -2.29. The van der Waals surface area contributed by atoms with Gasteiger partial charge in [-0.15, -0.1) is 6.58 Å². The molecule has 1 heteroatoms. The first kappa shape index (κ1) is 10.4. The number of nitrogens with zero attached hydrogens (tertiary/aromatic N) is 1. The van der Waals surface area contributed by atoms with Crippen molar-refractivity contribution < 1.29 is 0 Å². The summed E-state index contributed by atoms with van der Waals surface area (Å²) in [5.74, 6) is 0. The first-order chi connectivity index (χ1) is 8.31. The molecule has 2 aromatic carbocycles. The molecule has 0 aromatic heterocycles. The fraction of sp³-hybridized carbons (Fsp3) is 0.250. The van der Waals surface area contributed by atoms with Crippen LogP contribution in [-0.2, 0) is 6.42 Å². The molecule has 0 aliphatic carbocycles. The fourth-order valence-corrected chi connectivity index (χ4v) is 2.86. The molecule has 0 radical (unpaired) electrons. The van der Waals surface area contributed by atoms with E-state index in [1.165, 1.54) is 22.0 Å². The summed E-state index contributed by atoms with van der Waals surface area (Å²) in [7, 11) is 0. The number of hydrogen-bond acceptors (Lipinski definition) is 1. The summed E-state index contributed by atoms with van der Waals surface area (Å²) < 4.78 is 0. The summed E-state index contributed by atoms with van der Waals surface area (Å²) in [5.41, 5.74) is 2.88. The Bertz CT molecular complexity index is 571. The van der Waals surface area contributed by atoms with E-state index in [9.17, 15) is 0 Å². The van der Waals surface area contributed by atoms with Gasteiger partial charge in [-0.05, 0) is 24.3 Å². The standard InChI is InChI=1S/C16H17N/c1-3-10-17-12(2)11-14-9-8-13-6-4-5-7-15(13)16(14)17/h3-9,12H,1,10-11H2,2H3. The second-order valence-corrected chi connectivity index (χ2v) is 4.79. The summed E-state index contributed by atoms with van der Waals surface area (Å²) in [6.45, 7) is 7.09. The number of benzene rings is 2. The molecule has 0 N–H and O–H groups in total. The van der Waals surface area contributed by atoms with E-state index in [1.807, 2.05) is 6.08 Å². The van der Waals surface area contributed by atoms with E-state index in [0.29, 0.717) is 6.04 Å². The molecule has 1 nitrogen and oxygen atoms in total. The summed E-state index contributed by atoms with van der Waals surface area (Å²) in [4.78, 5) is 2.46. The molecule has 0 saturated carbocycles. The van der Waals surface area contributed by atoms with Crippen LogP contribution in [0.1, 0.15) is 12.5 Å². The molecule has 0 bridgehead atoms. The Morgan fingerprint density at radius 1 is 1.29 bits per heavy atom. The zero-order valence-corrected chi connectivity index (χ0v) is 10.2. The Morgan fingerprint density at radius 2 is 2.12 bits per heavy atom. The smallest absolute Gasteiger partial charge is 0.0484 e. The SMILES string of the molecule is C=CCN1c2c(ccc3ccccc23)CC1C. The number of anilines is 1. The summed E-state index contributed by atoms with van der Waals surface area (Å²) in [6.07, 6.45) is 3.14. The van der Waals surface area contributed by atoms with Gasteiger partial charge in [0.15, 0.2) is 0 Å². The van der Waals surface area contributed by atoms with Crippen molar-refractivity contribution in [3.63, 3.8) is 0 Å². The van der Waals surface area contributed by atoms with E-state index in [1.54, 1.807) is 0 Å². The maximum Gasteiger partial charge on any atom is 0.0484 e. The molecule has 1 unspecified atom stereocenters. The topological polar surface area (TPSA) is 3.24 Å². The summed E-state index contributed by atoms with van der Waals surface area (Å²) >= 11 is 0. The van der Waals surface area contributed by atoms with Crippen molar-refractivity contribution >= 4 is 16.5 Å². The van der Waals surface area contributed by atoms with Crippen molar-refractivity contribution in [2.75, 3.05) is 11.4 Å². The van der Waals surface area contributed by atoms with Crippen LogP contribution in [0, 0.1) is 0 Å². The predicted octanol–water partition coefficient (Wildman–Crippen LogP) is 3.78. The molecule has 17 heavy (non-hydrogen) atoms. The Hall–Kier alpha value is -1.76. The largest absolute Gasteiger partial charge is 0.364 e. The highest BCUT2D eigenvalue weighted by Crippen LogP contribution is 2.38. The van der Waals surface area contributed by atoms with E-state index in [4.69, 9.17) is 0 Å². The zero-order chi connectivity index (χ0) is 11.8. The molecule has 2 aromatic rings. The third-order valence-electron chi connectivity index (χ3n) is 3.64. The lowest BCUT2D eigenvalue weighted by Gasteiger charge is -2.24. The minimum absolute atomic E-state index is 0.578. The quantitative estimate of drug-likeness (QED) is 0.700. The monoisotopic (exact) mass is 223 g/mol. The second kappa shape index (κ2) is 3.92. The zero-order valence-electron chi connectivity index (χ0n) is 10.2. The Balaban J connectivity index is 2.25. The van der Waals surface area contributed by atoms with Crippen molar-refractivity contribution in [2.24, 2.45) is 0 Å². The van der Waals surface area contributed by atoms with E-state index in [-0.39, 0.29) is 0 Å². The first-order valence-corrected chi connectivity index (χ1v) is 6.19. The number of fused-ring (bicyclic) bond motifs is 3. The van der Waals surface area contributed by atoms with Gasteiger partial charge in [0, 0.05) is 23.7 Å². The normalized spacial score (nSPS) is 18.4. The molecular weight excluding hydrogens is 206 g/mol. The lowest BCUT2D eigenvalue weighted by molar-refractivity contribution is 0.708. The van der Waals surface area contributed by atoms with Crippen molar-refractivity contribution in [3.05, 3.63) is 54.6 Å². The minimum Gasteiger partial charge on any atom is -0.364 e. The van der Waals surface area contributed by atoms with Gasteiger partial charge in [-0.2, -0.15) is 0 Å². The van der Waals surface area contributed by atoms with Crippen molar-refractivity contribution in [1.29, 1.82) is 0 Å². The first-order valence-electron chi connectivity index (χ1n) is 6.19. The fourth-order valence-electron chi connectivity index (χ4n) is 2.86. The molecule has 0 spiro atoms. The van der Waals surface area contributed by atoms with Crippen molar-refractivity contribution in [2.45, 2.75) is 19.4 Å². The van der Waals surface area contributed by atoms with Crippen LogP contribution in [0.25, 0.3) is 10.8 Å². The van der Waals surface area contributed by atoms with Gasteiger partial charge in [-0.3, -0.25) is 0 Å². The summed E-state index contributed by atoms with van der Waals surface area (Å²) in [6, 6.07) is 13.7. The van der Waals surface area contributed by atoms with Gasteiger partial charge in [0.1, 0.15) is 0 Å². The van der Waals surface area contributed by atoms with Gasteiger partial charge in [0.2, 0.25) is 0 Å². The van der Waals surface area contributed by atoms with E-state index in [2.05, 4.69) is 54.8 Å². The third kappa shape index (κ3) is 1.54. The highest BCUT2D eigenvalue weighted by molar-refractivity contribution is 5.97. The van der Waals surface area contributed by atoms with Gasteiger partial charge in [-0.25, -0.2) is 0 Å². The average Bonchev–Trinajstić information content (AvgIpc) is 2.67. The van der Waals surface area contributed by atoms with Crippen LogP contribution in [-0.4, -0.2) is 12.6 Å². The molecular formula is C16H17N. The Kier molecular flexibility index (Phi) is 2.40. The van der Waals surface area contributed by atoms with Crippen LogP contribution in [0.3, 0.4) is 0 Å². The van der Waals surface area contributed by atoms with Gasteiger partial charge in [0.05, 0.1) is 0 Å². The maximum atomic E-state index is 3.87. The Labute approximate surface area is 102 Å².